The van der Waals surface area contributed by atoms with Crippen molar-refractivity contribution in [3.05, 3.63) is 28.2 Å². The lowest BCUT2D eigenvalue weighted by molar-refractivity contribution is 0.0490. The molecule has 1 aliphatic rings. The van der Waals surface area contributed by atoms with Crippen LogP contribution in [0.15, 0.2) is 22.7 Å². The Bertz CT molecular complexity index is 486. The van der Waals surface area contributed by atoms with Crippen LogP contribution in [0.25, 0.3) is 0 Å². The molecule has 0 bridgehead atoms. The summed E-state index contributed by atoms with van der Waals surface area (Å²) >= 11 is 3.41. The van der Waals surface area contributed by atoms with E-state index in [-0.39, 0.29) is 29.8 Å². The molecule has 3 nitrogen and oxygen atoms in total. The number of rotatable bonds is 3. The Labute approximate surface area is 122 Å². The largest absolute Gasteiger partial charge is 0.496 e. The molecule has 19 heavy (non-hydrogen) atoms. The summed E-state index contributed by atoms with van der Waals surface area (Å²) in [5, 5.41) is 0. The van der Waals surface area contributed by atoms with Crippen LogP contribution in [0, 0.1) is 11.8 Å². The average Bonchev–Trinajstić information content (AvgIpc) is 2.62. The third-order valence-electron chi connectivity index (χ3n) is 3.97. The molecule has 104 valence electrons. The topological polar surface area (TPSA) is 35.5 Å². The van der Waals surface area contributed by atoms with Crippen LogP contribution in [0.3, 0.4) is 0 Å². The van der Waals surface area contributed by atoms with Gasteiger partial charge >= 0.3 is 0 Å². The molecule has 0 amide bonds. The maximum absolute atomic E-state index is 12.8. The number of ketones is 1. The zero-order chi connectivity index (χ0) is 14.2. The molecule has 4 heteroatoms. The van der Waals surface area contributed by atoms with Gasteiger partial charge in [-0.25, -0.2) is 0 Å². The highest BCUT2D eigenvalue weighted by molar-refractivity contribution is 9.10. The first-order valence-electron chi connectivity index (χ1n) is 6.49. The van der Waals surface area contributed by atoms with Crippen molar-refractivity contribution in [1.82, 2.24) is 0 Å². The molecule has 0 spiro atoms. The van der Waals surface area contributed by atoms with Gasteiger partial charge in [0.25, 0.3) is 0 Å². The third-order valence-corrected chi connectivity index (χ3v) is 4.46. The quantitative estimate of drug-likeness (QED) is 0.794. The minimum absolute atomic E-state index is 0.0545. The van der Waals surface area contributed by atoms with Gasteiger partial charge in [-0.15, -0.1) is 0 Å². The molecular weight excluding hydrogens is 308 g/mol. The van der Waals surface area contributed by atoms with Gasteiger partial charge in [0.2, 0.25) is 0 Å². The standard InChI is InChI=1S/C15H19BrO3/c1-8-9(2)19-10(3)14(8)15(17)12-7-11(16)5-6-13(12)18-4/h5-10,14H,1-4H3. The SMILES string of the molecule is COc1ccc(Br)cc1C(=O)C1C(C)OC(C)C1C. The first-order valence-corrected chi connectivity index (χ1v) is 7.28. The van der Waals surface area contributed by atoms with Gasteiger partial charge in [-0.2, -0.15) is 0 Å². The van der Waals surface area contributed by atoms with E-state index in [4.69, 9.17) is 9.47 Å². The molecule has 0 aromatic heterocycles. The van der Waals surface area contributed by atoms with E-state index in [1.165, 1.54) is 0 Å². The Morgan fingerprint density at radius 3 is 2.47 bits per heavy atom. The van der Waals surface area contributed by atoms with Crippen LogP contribution in [-0.4, -0.2) is 25.1 Å². The minimum Gasteiger partial charge on any atom is -0.496 e. The van der Waals surface area contributed by atoms with Gasteiger partial charge in [-0.1, -0.05) is 22.9 Å². The minimum atomic E-state index is -0.113. The van der Waals surface area contributed by atoms with E-state index in [2.05, 4.69) is 22.9 Å². The van der Waals surface area contributed by atoms with E-state index in [9.17, 15) is 4.79 Å². The summed E-state index contributed by atoms with van der Waals surface area (Å²) < 4.78 is 11.9. The van der Waals surface area contributed by atoms with Crippen molar-refractivity contribution in [2.75, 3.05) is 7.11 Å². The van der Waals surface area contributed by atoms with Crippen molar-refractivity contribution in [2.24, 2.45) is 11.8 Å². The van der Waals surface area contributed by atoms with Crippen LogP contribution in [0.2, 0.25) is 0 Å². The van der Waals surface area contributed by atoms with Crippen LogP contribution >= 0.6 is 15.9 Å². The van der Waals surface area contributed by atoms with Crippen LogP contribution in [0.1, 0.15) is 31.1 Å². The zero-order valence-corrected chi connectivity index (χ0v) is 13.2. The van der Waals surface area contributed by atoms with E-state index in [0.29, 0.717) is 11.3 Å². The maximum atomic E-state index is 12.8. The average molecular weight is 327 g/mol. The summed E-state index contributed by atoms with van der Waals surface area (Å²) in [6.45, 7) is 6.06. The molecule has 1 aliphatic heterocycles. The molecule has 4 atom stereocenters. The summed E-state index contributed by atoms with van der Waals surface area (Å²) in [4.78, 5) is 12.8. The predicted octanol–water partition coefficient (Wildman–Crippen LogP) is 3.70. The van der Waals surface area contributed by atoms with Gasteiger partial charge < -0.3 is 9.47 Å². The Balaban J connectivity index is 2.36. The van der Waals surface area contributed by atoms with E-state index in [1.54, 1.807) is 7.11 Å². The molecule has 4 unspecified atom stereocenters. The monoisotopic (exact) mass is 326 g/mol. The Morgan fingerprint density at radius 2 is 1.95 bits per heavy atom. The molecule has 1 heterocycles. The van der Waals surface area contributed by atoms with Crippen LogP contribution in [0.4, 0.5) is 0 Å². The van der Waals surface area contributed by atoms with Crippen molar-refractivity contribution in [3.63, 3.8) is 0 Å². The highest BCUT2D eigenvalue weighted by atomic mass is 79.9. The molecule has 1 fully saturated rings. The number of carbonyl (C=O) groups excluding carboxylic acids is 1. The molecule has 1 aromatic rings. The molecule has 0 saturated carbocycles. The summed E-state index contributed by atoms with van der Waals surface area (Å²) in [5.41, 5.74) is 0.623. The van der Waals surface area contributed by atoms with Crippen molar-refractivity contribution in [1.29, 1.82) is 0 Å². The summed E-state index contributed by atoms with van der Waals surface area (Å²) in [5.74, 6) is 0.819. The summed E-state index contributed by atoms with van der Waals surface area (Å²) in [6, 6.07) is 5.51. The molecule has 0 radical (unpaired) electrons. The van der Waals surface area contributed by atoms with E-state index < -0.39 is 0 Å². The fourth-order valence-electron chi connectivity index (χ4n) is 2.77. The van der Waals surface area contributed by atoms with Crippen molar-refractivity contribution in [2.45, 2.75) is 33.0 Å². The first-order chi connectivity index (χ1) is 8.95. The van der Waals surface area contributed by atoms with E-state index in [1.807, 2.05) is 32.0 Å². The Morgan fingerprint density at radius 1 is 1.26 bits per heavy atom. The maximum Gasteiger partial charge on any atom is 0.172 e. The molecular formula is C15H19BrO3. The van der Waals surface area contributed by atoms with Crippen LogP contribution < -0.4 is 4.74 Å². The lowest BCUT2D eigenvalue weighted by atomic mass is 9.83. The highest BCUT2D eigenvalue weighted by Gasteiger charge is 2.42. The van der Waals surface area contributed by atoms with Gasteiger partial charge in [0.15, 0.2) is 5.78 Å². The molecule has 1 aromatic carbocycles. The van der Waals surface area contributed by atoms with E-state index >= 15 is 0 Å². The number of methoxy groups -OCH3 is 1. The fourth-order valence-corrected chi connectivity index (χ4v) is 3.13. The lowest BCUT2D eigenvalue weighted by Gasteiger charge is -2.18. The van der Waals surface area contributed by atoms with Crippen molar-refractivity contribution < 1.29 is 14.3 Å². The van der Waals surface area contributed by atoms with Gasteiger partial charge in [0.1, 0.15) is 5.75 Å². The van der Waals surface area contributed by atoms with Crippen LogP contribution in [-0.2, 0) is 4.74 Å². The number of halogens is 1. The predicted molar refractivity (Wildman–Crippen MR) is 77.7 cm³/mol. The first kappa shape index (κ1) is 14.5. The highest BCUT2D eigenvalue weighted by Crippen LogP contribution is 2.36. The number of ether oxygens (including phenoxy) is 2. The third kappa shape index (κ3) is 2.70. The summed E-state index contributed by atoms with van der Waals surface area (Å²) in [6.07, 6.45) is 0.0586. The normalized spacial score (nSPS) is 30.4. The number of benzene rings is 1. The lowest BCUT2D eigenvalue weighted by Crippen LogP contribution is -2.27. The van der Waals surface area contributed by atoms with Crippen molar-refractivity contribution >= 4 is 21.7 Å². The van der Waals surface area contributed by atoms with Crippen LogP contribution in [0.5, 0.6) is 5.75 Å². The van der Waals surface area contributed by atoms with E-state index in [0.717, 1.165) is 4.47 Å². The second-order valence-electron chi connectivity index (χ2n) is 5.14. The van der Waals surface area contributed by atoms with Crippen molar-refractivity contribution in [3.8, 4) is 5.75 Å². The van der Waals surface area contributed by atoms with Gasteiger partial charge in [-0.05, 0) is 38.0 Å². The number of carbonyl (C=O) groups is 1. The Hall–Kier alpha value is -0.870. The van der Waals surface area contributed by atoms with Gasteiger partial charge in [-0.3, -0.25) is 4.79 Å². The summed E-state index contributed by atoms with van der Waals surface area (Å²) in [7, 11) is 1.58. The number of Topliss-reactive ketones (excluding diaryl/α,β-unsaturated/α-hetero) is 1. The smallest absolute Gasteiger partial charge is 0.172 e. The van der Waals surface area contributed by atoms with Gasteiger partial charge in [0.05, 0.1) is 30.8 Å². The molecule has 2 rings (SSSR count). The Kier molecular flexibility index (Phi) is 4.31. The number of hydrogen-bond donors (Lipinski definition) is 0. The molecule has 0 aliphatic carbocycles. The second kappa shape index (κ2) is 5.63. The van der Waals surface area contributed by atoms with Gasteiger partial charge in [0, 0.05) is 4.47 Å². The zero-order valence-electron chi connectivity index (χ0n) is 11.6. The molecule has 0 N–H and O–H groups in total. The fraction of sp³-hybridized carbons (Fsp3) is 0.533. The number of hydrogen-bond acceptors (Lipinski definition) is 3. The molecule has 1 saturated heterocycles. The second-order valence-corrected chi connectivity index (χ2v) is 6.06.